The van der Waals surface area contributed by atoms with E-state index in [1.54, 1.807) is 0 Å². The molecule has 0 unspecified atom stereocenters. The van der Waals surface area contributed by atoms with Gasteiger partial charge in [-0.05, 0) is 25.5 Å². The maximum Gasteiger partial charge on any atom is 0.0848 e. The lowest BCUT2D eigenvalue weighted by Gasteiger charge is -1.80. The first-order chi connectivity index (χ1) is 4.86. The molecule has 1 heterocycles. The van der Waals surface area contributed by atoms with Crippen molar-refractivity contribution in [3.05, 3.63) is 23.5 Å². The molecule has 0 saturated carbocycles. The van der Waals surface area contributed by atoms with E-state index in [0.717, 1.165) is 12.1 Å². The summed E-state index contributed by atoms with van der Waals surface area (Å²) in [5.41, 5.74) is 2.20. The van der Waals surface area contributed by atoms with Crippen molar-refractivity contribution in [2.45, 2.75) is 20.3 Å². The molecule has 10 heavy (non-hydrogen) atoms. The van der Waals surface area contributed by atoms with Crippen LogP contribution in [0.5, 0.6) is 0 Å². The maximum atomic E-state index is 4.06. The lowest BCUT2D eigenvalue weighted by atomic mass is 10.3. The molecule has 1 rings (SSSR count). The minimum absolute atomic E-state index is 1.01. The summed E-state index contributed by atoms with van der Waals surface area (Å²) in [4.78, 5) is 0. The summed E-state index contributed by atoms with van der Waals surface area (Å²) in [6.45, 7) is 4.09. The van der Waals surface area contributed by atoms with E-state index in [4.69, 9.17) is 0 Å². The Morgan fingerprint density at radius 2 is 2.50 bits per heavy atom. The molecule has 0 aliphatic carbocycles. The second kappa shape index (κ2) is 3.20. The Kier molecular flexibility index (Phi) is 2.26. The minimum Gasteiger partial charge on any atom is -0.282 e. The smallest absolute Gasteiger partial charge is 0.0848 e. The first-order valence-corrected chi connectivity index (χ1v) is 3.53. The highest BCUT2D eigenvalue weighted by Crippen LogP contribution is 2.01. The van der Waals surface area contributed by atoms with E-state index in [-0.39, 0.29) is 0 Å². The summed E-state index contributed by atoms with van der Waals surface area (Å²) >= 11 is 0. The Morgan fingerprint density at radius 1 is 1.70 bits per heavy atom. The number of hydrogen-bond donors (Lipinski definition) is 1. The van der Waals surface area contributed by atoms with Crippen molar-refractivity contribution in [2.75, 3.05) is 0 Å². The van der Waals surface area contributed by atoms with Gasteiger partial charge in [-0.25, -0.2) is 0 Å². The van der Waals surface area contributed by atoms with E-state index < -0.39 is 0 Å². The van der Waals surface area contributed by atoms with Crippen LogP contribution in [-0.4, -0.2) is 10.2 Å². The van der Waals surface area contributed by atoms with Crippen LogP contribution in [0.3, 0.4) is 0 Å². The topological polar surface area (TPSA) is 28.7 Å². The quantitative estimate of drug-likeness (QED) is 0.661. The van der Waals surface area contributed by atoms with Gasteiger partial charge in [0.05, 0.1) is 5.69 Å². The third kappa shape index (κ3) is 1.47. The predicted molar refractivity (Wildman–Crippen MR) is 42.7 cm³/mol. The number of aromatic nitrogens is 2. The summed E-state index contributed by atoms with van der Waals surface area (Å²) in [6, 6.07) is 2.06. The number of nitrogens with zero attached hydrogens (tertiary/aromatic N) is 1. The van der Waals surface area contributed by atoms with Crippen LogP contribution < -0.4 is 0 Å². The van der Waals surface area contributed by atoms with Gasteiger partial charge in [0.1, 0.15) is 0 Å². The fourth-order valence-corrected chi connectivity index (χ4v) is 0.817. The average molecular weight is 136 g/mol. The summed E-state index contributed by atoms with van der Waals surface area (Å²) < 4.78 is 0. The van der Waals surface area contributed by atoms with E-state index in [9.17, 15) is 0 Å². The molecule has 0 saturated heterocycles. The van der Waals surface area contributed by atoms with Gasteiger partial charge in [-0.1, -0.05) is 13.0 Å². The molecule has 1 aromatic heterocycles. The third-order valence-corrected chi connectivity index (χ3v) is 1.37. The zero-order valence-corrected chi connectivity index (χ0v) is 6.39. The molecule has 0 aromatic carbocycles. The Balaban J connectivity index is 2.78. The van der Waals surface area contributed by atoms with E-state index in [1.807, 2.05) is 19.1 Å². The summed E-state index contributed by atoms with van der Waals surface area (Å²) in [6.07, 6.45) is 4.98. The SMILES string of the molecule is C/C=C/c1cc(CC)[nH]n1. The van der Waals surface area contributed by atoms with E-state index >= 15 is 0 Å². The van der Waals surface area contributed by atoms with Crippen molar-refractivity contribution in [2.24, 2.45) is 0 Å². The maximum absolute atomic E-state index is 4.06. The normalized spacial score (nSPS) is 11.0. The van der Waals surface area contributed by atoms with Crippen molar-refractivity contribution in [1.29, 1.82) is 0 Å². The van der Waals surface area contributed by atoms with Gasteiger partial charge in [0.25, 0.3) is 0 Å². The van der Waals surface area contributed by atoms with Crippen LogP contribution in [0.4, 0.5) is 0 Å². The monoisotopic (exact) mass is 136 g/mol. The van der Waals surface area contributed by atoms with Crippen molar-refractivity contribution in [3.63, 3.8) is 0 Å². The molecule has 0 fully saturated rings. The van der Waals surface area contributed by atoms with E-state index in [1.165, 1.54) is 5.69 Å². The number of H-pyrrole nitrogens is 1. The Morgan fingerprint density at radius 3 is 3.00 bits per heavy atom. The van der Waals surface area contributed by atoms with Crippen LogP contribution >= 0.6 is 0 Å². The average Bonchev–Trinajstić information content (AvgIpc) is 2.37. The molecule has 0 atom stereocenters. The molecule has 0 amide bonds. The number of aryl methyl sites for hydroxylation is 1. The second-order valence-electron chi connectivity index (χ2n) is 2.17. The zero-order valence-electron chi connectivity index (χ0n) is 6.39. The number of hydrogen-bond acceptors (Lipinski definition) is 1. The van der Waals surface area contributed by atoms with Crippen LogP contribution in [-0.2, 0) is 6.42 Å². The van der Waals surface area contributed by atoms with E-state index in [2.05, 4.69) is 23.2 Å². The first-order valence-electron chi connectivity index (χ1n) is 3.53. The zero-order chi connectivity index (χ0) is 7.40. The standard InChI is InChI=1S/C8H12N2/c1-3-5-8-6-7(4-2)9-10-8/h3,5-6H,4H2,1-2H3,(H,9,10)/b5-3+. The first kappa shape index (κ1) is 7.06. The van der Waals surface area contributed by atoms with Gasteiger partial charge in [0.2, 0.25) is 0 Å². The highest BCUT2D eigenvalue weighted by atomic mass is 15.1. The van der Waals surface area contributed by atoms with Crippen molar-refractivity contribution in [3.8, 4) is 0 Å². The van der Waals surface area contributed by atoms with Crippen LogP contribution in [0.2, 0.25) is 0 Å². The molecule has 2 nitrogen and oxygen atoms in total. The van der Waals surface area contributed by atoms with Gasteiger partial charge in [-0.3, -0.25) is 5.10 Å². The highest BCUT2D eigenvalue weighted by Gasteiger charge is 1.92. The predicted octanol–water partition coefficient (Wildman–Crippen LogP) is 2.01. The molecule has 0 aliphatic rings. The lowest BCUT2D eigenvalue weighted by Crippen LogP contribution is -1.76. The van der Waals surface area contributed by atoms with Gasteiger partial charge >= 0.3 is 0 Å². The fraction of sp³-hybridized carbons (Fsp3) is 0.375. The molecule has 54 valence electrons. The summed E-state index contributed by atoms with van der Waals surface area (Å²) in [7, 11) is 0. The highest BCUT2D eigenvalue weighted by molar-refractivity contribution is 5.43. The largest absolute Gasteiger partial charge is 0.282 e. The Bertz CT molecular complexity index is 223. The van der Waals surface area contributed by atoms with Gasteiger partial charge in [0.15, 0.2) is 0 Å². The summed E-state index contributed by atoms with van der Waals surface area (Å²) in [5, 5.41) is 7.00. The van der Waals surface area contributed by atoms with Gasteiger partial charge in [-0.15, -0.1) is 0 Å². The minimum atomic E-state index is 1.01. The van der Waals surface area contributed by atoms with Crippen LogP contribution in [0.25, 0.3) is 6.08 Å². The molecule has 1 aromatic rings. The molecular formula is C8H12N2. The van der Waals surface area contributed by atoms with Gasteiger partial charge in [-0.2, -0.15) is 5.10 Å². The molecule has 2 heteroatoms. The molecule has 0 bridgehead atoms. The second-order valence-corrected chi connectivity index (χ2v) is 2.17. The number of aromatic amines is 1. The van der Waals surface area contributed by atoms with Crippen LogP contribution in [0.1, 0.15) is 25.2 Å². The summed E-state index contributed by atoms with van der Waals surface area (Å²) in [5.74, 6) is 0. The van der Waals surface area contributed by atoms with E-state index in [0.29, 0.717) is 0 Å². The molecule has 0 spiro atoms. The van der Waals surface area contributed by atoms with Crippen molar-refractivity contribution < 1.29 is 0 Å². The fourth-order valence-electron chi connectivity index (χ4n) is 0.817. The number of allylic oxidation sites excluding steroid dienone is 1. The molecular weight excluding hydrogens is 124 g/mol. The van der Waals surface area contributed by atoms with Crippen LogP contribution in [0, 0.1) is 0 Å². The third-order valence-electron chi connectivity index (χ3n) is 1.37. The van der Waals surface area contributed by atoms with Gasteiger partial charge < -0.3 is 0 Å². The van der Waals surface area contributed by atoms with Gasteiger partial charge in [0, 0.05) is 5.69 Å². The molecule has 0 aliphatic heterocycles. The van der Waals surface area contributed by atoms with Crippen molar-refractivity contribution >= 4 is 6.08 Å². The Hall–Kier alpha value is -1.05. The Labute approximate surface area is 61.0 Å². The molecule has 0 radical (unpaired) electrons. The van der Waals surface area contributed by atoms with Crippen molar-refractivity contribution in [1.82, 2.24) is 10.2 Å². The van der Waals surface area contributed by atoms with Crippen LogP contribution in [0.15, 0.2) is 12.1 Å². The number of nitrogens with one attached hydrogen (secondary N) is 1. The number of rotatable bonds is 2. The lowest BCUT2D eigenvalue weighted by molar-refractivity contribution is 0.972. The molecule has 1 N–H and O–H groups in total.